The van der Waals surface area contributed by atoms with Crippen LogP contribution in [-0.2, 0) is 6.18 Å². The topological polar surface area (TPSA) is 75.9 Å². The first-order chi connectivity index (χ1) is 14.4. The molecule has 0 saturated carbocycles. The predicted molar refractivity (Wildman–Crippen MR) is 105 cm³/mol. The third kappa shape index (κ3) is 4.27. The molecule has 0 aliphatic carbocycles. The molecular formula is C20H19F3N6O. The maximum atomic E-state index is 13.2. The molecule has 1 fully saturated rings. The summed E-state index contributed by atoms with van der Waals surface area (Å²) in [5.74, 6) is -0.0673. The number of halogens is 3. The molecule has 0 bridgehead atoms. The normalized spacial score (nSPS) is 14.6. The predicted octanol–water partition coefficient (Wildman–Crippen LogP) is 3.92. The molecule has 1 amide bonds. The smallest absolute Gasteiger partial charge is 0.370 e. The van der Waals surface area contributed by atoms with Gasteiger partial charge in [0.15, 0.2) is 5.82 Å². The fourth-order valence-corrected chi connectivity index (χ4v) is 3.40. The highest BCUT2D eigenvalue weighted by Gasteiger charge is 2.32. The molecule has 0 radical (unpaired) electrons. The van der Waals surface area contributed by atoms with E-state index in [-0.39, 0.29) is 11.3 Å². The second-order valence-corrected chi connectivity index (χ2v) is 6.98. The average Bonchev–Trinajstić information content (AvgIpc) is 3.29. The summed E-state index contributed by atoms with van der Waals surface area (Å²) >= 11 is 0. The molecule has 1 saturated heterocycles. The highest BCUT2D eigenvalue weighted by atomic mass is 19.4. The summed E-state index contributed by atoms with van der Waals surface area (Å²) in [5, 5.41) is 6.59. The van der Waals surface area contributed by atoms with Crippen LogP contribution in [0.15, 0.2) is 49.2 Å². The molecular weight excluding hydrogens is 397 g/mol. The molecule has 0 spiro atoms. The molecule has 1 aliphatic rings. The zero-order chi connectivity index (χ0) is 21.1. The van der Waals surface area contributed by atoms with Crippen molar-refractivity contribution in [3.63, 3.8) is 0 Å². The number of amides is 1. The molecule has 0 unspecified atom stereocenters. The Kier molecular flexibility index (Phi) is 5.39. The summed E-state index contributed by atoms with van der Waals surface area (Å²) in [6, 6.07) is 6.58. The van der Waals surface area contributed by atoms with Gasteiger partial charge in [0.05, 0.1) is 22.5 Å². The first-order valence-electron chi connectivity index (χ1n) is 9.50. The van der Waals surface area contributed by atoms with E-state index in [1.165, 1.54) is 35.7 Å². The van der Waals surface area contributed by atoms with Crippen LogP contribution in [0, 0.1) is 0 Å². The van der Waals surface area contributed by atoms with E-state index in [2.05, 4.69) is 20.4 Å². The van der Waals surface area contributed by atoms with Gasteiger partial charge in [-0.05, 0) is 49.6 Å². The highest BCUT2D eigenvalue weighted by Crippen LogP contribution is 2.36. The fraction of sp³-hybridized carbons (Fsp3) is 0.300. The lowest BCUT2D eigenvalue weighted by atomic mass is 10.1. The SMILES string of the molecule is O=C(Nc1cc(C(F)(F)F)ccc1N1CCCCC1)c1ccc(-n2cncn2)nc1. The monoisotopic (exact) mass is 416 g/mol. The Morgan fingerprint density at radius 2 is 1.87 bits per heavy atom. The Morgan fingerprint density at radius 3 is 2.50 bits per heavy atom. The van der Waals surface area contributed by atoms with Crippen LogP contribution < -0.4 is 10.2 Å². The number of alkyl halides is 3. The fourth-order valence-electron chi connectivity index (χ4n) is 3.40. The Hall–Kier alpha value is -3.43. The summed E-state index contributed by atoms with van der Waals surface area (Å²) in [6.07, 6.45) is 2.68. The minimum absolute atomic E-state index is 0.136. The van der Waals surface area contributed by atoms with Gasteiger partial charge in [-0.25, -0.2) is 14.6 Å². The van der Waals surface area contributed by atoms with Gasteiger partial charge in [0.25, 0.3) is 5.91 Å². The number of pyridine rings is 1. The number of aromatic nitrogens is 4. The molecule has 3 heterocycles. The second-order valence-electron chi connectivity index (χ2n) is 6.98. The van der Waals surface area contributed by atoms with E-state index in [0.29, 0.717) is 11.5 Å². The van der Waals surface area contributed by atoms with Crippen LogP contribution in [0.25, 0.3) is 5.82 Å². The first-order valence-corrected chi connectivity index (χ1v) is 9.50. The van der Waals surface area contributed by atoms with Gasteiger partial charge < -0.3 is 10.2 Å². The number of rotatable bonds is 4. The lowest BCUT2D eigenvalue weighted by Crippen LogP contribution is -2.30. The molecule has 0 atom stereocenters. The number of nitrogens with zero attached hydrogens (tertiary/aromatic N) is 5. The number of carbonyl (C=O) groups is 1. The highest BCUT2D eigenvalue weighted by molar-refractivity contribution is 6.05. The van der Waals surface area contributed by atoms with Gasteiger partial charge in [0.1, 0.15) is 12.7 Å². The van der Waals surface area contributed by atoms with Crippen molar-refractivity contribution >= 4 is 17.3 Å². The number of piperidine rings is 1. The third-order valence-corrected chi connectivity index (χ3v) is 4.93. The Balaban J connectivity index is 1.60. The number of nitrogens with one attached hydrogen (secondary N) is 1. The van der Waals surface area contributed by atoms with E-state index < -0.39 is 17.6 Å². The van der Waals surface area contributed by atoms with Gasteiger partial charge in [0.2, 0.25) is 0 Å². The zero-order valence-electron chi connectivity index (χ0n) is 15.9. The van der Waals surface area contributed by atoms with Crippen molar-refractivity contribution in [1.82, 2.24) is 19.7 Å². The Bertz CT molecular complexity index is 1010. The van der Waals surface area contributed by atoms with E-state index >= 15 is 0 Å². The Morgan fingerprint density at radius 1 is 1.07 bits per heavy atom. The van der Waals surface area contributed by atoms with E-state index in [9.17, 15) is 18.0 Å². The van der Waals surface area contributed by atoms with Crippen LogP contribution in [0.4, 0.5) is 24.5 Å². The lowest BCUT2D eigenvalue weighted by Gasteiger charge is -2.31. The largest absolute Gasteiger partial charge is 0.416 e. The second kappa shape index (κ2) is 8.13. The molecule has 7 nitrogen and oxygen atoms in total. The molecule has 156 valence electrons. The van der Waals surface area contributed by atoms with Crippen LogP contribution in [0.5, 0.6) is 0 Å². The van der Waals surface area contributed by atoms with Gasteiger partial charge in [-0.2, -0.15) is 18.3 Å². The number of carbonyl (C=O) groups excluding carboxylic acids is 1. The minimum Gasteiger partial charge on any atom is -0.370 e. The number of hydrogen-bond donors (Lipinski definition) is 1. The van der Waals surface area contributed by atoms with Gasteiger partial charge in [0, 0.05) is 19.3 Å². The van der Waals surface area contributed by atoms with Gasteiger partial charge in [-0.15, -0.1) is 0 Å². The summed E-state index contributed by atoms with van der Waals surface area (Å²) in [6.45, 7) is 1.48. The van der Waals surface area contributed by atoms with E-state index in [0.717, 1.165) is 44.5 Å². The number of benzene rings is 1. The zero-order valence-corrected chi connectivity index (χ0v) is 15.9. The third-order valence-electron chi connectivity index (χ3n) is 4.93. The summed E-state index contributed by atoms with van der Waals surface area (Å²) < 4.78 is 41.1. The molecule has 1 aromatic carbocycles. The van der Waals surface area contributed by atoms with Crippen molar-refractivity contribution in [3.05, 3.63) is 60.3 Å². The average molecular weight is 416 g/mol. The Labute approximate surface area is 170 Å². The summed E-state index contributed by atoms with van der Waals surface area (Å²) in [7, 11) is 0. The van der Waals surface area contributed by atoms with E-state index in [1.54, 1.807) is 6.07 Å². The molecule has 4 rings (SSSR count). The maximum Gasteiger partial charge on any atom is 0.416 e. The van der Waals surface area contributed by atoms with Crippen LogP contribution in [0.1, 0.15) is 35.2 Å². The molecule has 30 heavy (non-hydrogen) atoms. The van der Waals surface area contributed by atoms with E-state index in [1.807, 2.05) is 4.90 Å². The molecule has 10 heteroatoms. The quantitative estimate of drug-likeness (QED) is 0.698. The molecule has 1 aliphatic heterocycles. The van der Waals surface area contributed by atoms with Crippen molar-refractivity contribution in [1.29, 1.82) is 0 Å². The molecule has 2 aromatic heterocycles. The van der Waals surface area contributed by atoms with Gasteiger partial charge in [-0.1, -0.05) is 0 Å². The number of anilines is 2. The summed E-state index contributed by atoms with van der Waals surface area (Å²) in [4.78, 5) is 22.7. The van der Waals surface area contributed by atoms with Gasteiger partial charge >= 0.3 is 6.18 Å². The summed E-state index contributed by atoms with van der Waals surface area (Å²) in [5.41, 5.74) is 0.138. The minimum atomic E-state index is -4.50. The standard InChI is InChI=1S/C20H19F3N6O/c21-20(22,23)15-5-6-17(28-8-2-1-3-9-28)16(10-15)27-19(30)14-4-7-18(25-11-14)29-13-24-12-26-29/h4-7,10-13H,1-3,8-9H2,(H,27,30). The number of hydrogen-bond acceptors (Lipinski definition) is 5. The lowest BCUT2D eigenvalue weighted by molar-refractivity contribution is -0.137. The molecule has 3 aromatic rings. The van der Waals surface area contributed by atoms with Crippen molar-refractivity contribution in [2.24, 2.45) is 0 Å². The van der Waals surface area contributed by atoms with Crippen LogP contribution in [-0.4, -0.2) is 38.7 Å². The first kappa shape index (κ1) is 19.9. The van der Waals surface area contributed by atoms with Crippen molar-refractivity contribution in [3.8, 4) is 5.82 Å². The molecule has 1 N–H and O–H groups in total. The van der Waals surface area contributed by atoms with Crippen LogP contribution in [0.2, 0.25) is 0 Å². The van der Waals surface area contributed by atoms with Crippen LogP contribution in [0.3, 0.4) is 0 Å². The van der Waals surface area contributed by atoms with Gasteiger partial charge in [-0.3, -0.25) is 4.79 Å². The van der Waals surface area contributed by atoms with Crippen LogP contribution >= 0.6 is 0 Å². The van der Waals surface area contributed by atoms with E-state index in [4.69, 9.17) is 0 Å². The maximum absolute atomic E-state index is 13.2. The van der Waals surface area contributed by atoms with Crippen molar-refractivity contribution < 1.29 is 18.0 Å². The van der Waals surface area contributed by atoms with Crippen molar-refractivity contribution in [2.75, 3.05) is 23.3 Å². The van der Waals surface area contributed by atoms with Crippen molar-refractivity contribution in [2.45, 2.75) is 25.4 Å².